The molecule has 2 aromatic rings. The van der Waals surface area contributed by atoms with E-state index < -0.39 is 0 Å². The Labute approximate surface area is 157 Å². The Kier molecular flexibility index (Phi) is 5.26. The van der Waals surface area contributed by atoms with Crippen molar-refractivity contribution in [3.05, 3.63) is 72.5 Å². The van der Waals surface area contributed by atoms with Crippen LogP contribution in [-0.2, 0) is 4.74 Å². The summed E-state index contributed by atoms with van der Waals surface area (Å²) in [6.45, 7) is 9.58. The van der Waals surface area contributed by atoms with Crippen molar-refractivity contribution in [1.29, 1.82) is 0 Å². The van der Waals surface area contributed by atoms with Gasteiger partial charge in [0.05, 0.1) is 18.2 Å². The summed E-state index contributed by atoms with van der Waals surface area (Å²) in [5, 5.41) is 7.39. The molecule has 2 N–H and O–H groups in total. The van der Waals surface area contributed by atoms with Gasteiger partial charge in [-0.1, -0.05) is 50.2 Å². The second kappa shape index (κ2) is 7.45. The molecule has 138 valence electrons. The molecule has 0 aromatic heterocycles. The number of hydrogen-bond donors (Lipinski definition) is 2. The van der Waals surface area contributed by atoms with Gasteiger partial charge in [-0.2, -0.15) is 0 Å². The SMILES string of the molecule is CCOC1=CC(C)(Nc2ccccc2)CC(C)(C)C1Nc1ccccc1. The highest BCUT2D eigenvalue weighted by Gasteiger charge is 2.44. The van der Waals surface area contributed by atoms with E-state index in [4.69, 9.17) is 4.74 Å². The van der Waals surface area contributed by atoms with Crippen LogP contribution in [0.15, 0.2) is 72.5 Å². The minimum absolute atomic E-state index is 0.0195. The summed E-state index contributed by atoms with van der Waals surface area (Å²) in [6, 6.07) is 20.9. The van der Waals surface area contributed by atoms with Gasteiger partial charge in [-0.15, -0.1) is 0 Å². The summed E-state index contributed by atoms with van der Waals surface area (Å²) in [7, 11) is 0. The summed E-state index contributed by atoms with van der Waals surface area (Å²) >= 11 is 0. The van der Waals surface area contributed by atoms with Crippen LogP contribution in [0.5, 0.6) is 0 Å². The van der Waals surface area contributed by atoms with Crippen LogP contribution >= 0.6 is 0 Å². The smallest absolute Gasteiger partial charge is 0.117 e. The molecule has 2 unspecified atom stereocenters. The Morgan fingerprint density at radius 3 is 2.08 bits per heavy atom. The van der Waals surface area contributed by atoms with Gasteiger partial charge >= 0.3 is 0 Å². The molecule has 3 nitrogen and oxygen atoms in total. The van der Waals surface area contributed by atoms with Crippen LogP contribution in [0.1, 0.15) is 34.1 Å². The van der Waals surface area contributed by atoms with Crippen LogP contribution in [-0.4, -0.2) is 18.2 Å². The summed E-state index contributed by atoms with van der Waals surface area (Å²) < 4.78 is 6.10. The molecule has 0 fully saturated rings. The summed E-state index contributed by atoms with van der Waals surface area (Å²) in [5.74, 6) is 1.01. The highest BCUT2D eigenvalue weighted by atomic mass is 16.5. The van der Waals surface area contributed by atoms with Crippen LogP contribution in [0.3, 0.4) is 0 Å². The first-order valence-corrected chi connectivity index (χ1v) is 9.42. The lowest BCUT2D eigenvalue weighted by Gasteiger charge is -2.47. The first kappa shape index (κ1) is 18.4. The number of ether oxygens (including phenoxy) is 1. The Bertz CT molecular complexity index is 739. The van der Waals surface area contributed by atoms with Gasteiger partial charge in [0.15, 0.2) is 0 Å². The van der Waals surface area contributed by atoms with Gasteiger partial charge in [-0.05, 0) is 56.0 Å². The number of benzene rings is 2. The van der Waals surface area contributed by atoms with Crippen LogP contribution < -0.4 is 10.6 Å². The largest absolute Gasteiger partial charge is 0.496 e. The van der Waals surface area contributed by atoms with Gasteiger partial charge in [0, 0.05) is 11.4 Å². The van der Waals surface area contributed by atoms with Crippen molar-refractivity contribution in [2.45, 2.75) is 45.7 Å². The van der Waals surface area contributed by atoms with Gasteiger partial charge in [0.2, 0.25) is 0 Å². The van der Waals surface area contributed by atoms with Gasteiger partial charge in [0.1, 0.15) is 5.76 Å². The molecule has 0 saturated heterocycles. The third-order valence-corrected chi connectivity index (χ3v) is 4.95. The fourth-order valence-electron chi connectivity index (χ4n) is 4.07. The molecule has 0 bridgehead atoms. The first-order valence-electron chi connectivity index (χ1n) is 9.42. The molecule has 0 amide bonds. The Hall–Kier alpha value is -2.42. The van der Waals surface area contributed by atoms with Gasteiger partial charge in [-0.25, -0.2) is 0 Å². The number of rotatable bonds is 6. The van der Waals surface area contributed by atoms with Crippen molar-refractivity contribution in [2.75, 3.05) is 17.2 Å². The Morgan fingerprint density at radius 2 is 1.50 bits per heavy atom. The molecule has 0 heterocycles. The van der Waals surface area contributed by atoms with E-state index in [1.807, 2.05) is 19.1 Å². The summed E-state index contributed by atoms with van der Waals surface area (Å²) in [6.07, 6.45) is 3.26. The van der Waals surface area contributed by atoms with E-state index in [0.29, 0.717) is 6.61 Å². The lowest BCUT2D eigenvalue weighted by atomic mass is 9.68. The maximum Gasteiger partial charge on any atom is 0.117 e. The van der Waals surface area contributed by atoms with Crippen LogP contribution in [0, 0.1) is 5.41 Å². The van der Waals surface area contributed by atoms with E-state index in [1.165, 1.54) is 0 Å². The average Bonchev–Trinajstić information content (AvgIpc) is 2.59. The van der Waals surface area contributed by atoms with Crippen LogP contribution in [0.2, 0.25) is 0 Å². The maximum absolute atomic E-state index is 6.10. The number of para-hydroxylation sites is 2. The minimum atomic E-state index is -0.162. The molecule has 1 aliphatic rings. The molecule has 1 aliphatic carbocycles. The van der Waals surface area contributed by atoms with Crippen molar-refractivity contribution in [1.82, 2.24) is 0 Å². The third-order valence-electron chi connectivity index (χ3n) is 4.95. The Balaban J connectivity index is 1.91. The van der Waals surface area contributed by atoms with Crippen molar-refractivity contribution >= 4 is 11.4 Å². The number of nitrogens with one attached hydrogen (secondary N) is 2. The highest BCUT2D eigenvalue weighted by molar-refractivity contribution is 5.50. The predicted molar refractivity (Wildman–Crippen MR) is 110 cm³/mol. The van der Waals surface area contributed by atoms with E-state index in [2.05, 4.69) is 86.0 Å². The zero-order valence-electron chi connectivity index (χ0n) is 16.3. The molecular formula is C23H30N2O. The molecule has 0 aliphatic heterocycles. The van der Waals surface area contributed by atoms with Crippen LogP contribution in [0.25, 0.3) is 0 Å². The highest BCUT2D eigenvalue weighted by Crippen LogP contribution is 2.43. The second-order valence-corrected chi connectivity index (χ2v) is 8.00. The third kappa shape index (κ3) is 4.21. The standard InChI is InChI=1S/C23H30N2O/c1-5-26-20-16-23(4,25-19-14-10-7-11-15-19)17-22(2,3)21(20)24-18-12-8-6-9-13-18/h6-16,21,24-25H,5,17H2,1-4H3. The van der Waals surface area contributed by atoms with Crippen molar-refractivity contribution in [3.63, 3.8) is 0 Å². The van der Waals surface area contributed by atoms with Crippen LogP contribution in [0.4, 0.5) is 11.4 Å². The maximum atomic E-state index is 6.10. The van der Waals surface area contributed by atoms with E-state index >= 15 is 0 Å². The van der Waals surface area contributed by atoms with E-state index in [0.717, 1.165) is 23.6 Å². The molecule has 2 aromatic carbocycles. The number of hydrogen-bond acceptors (Lipinski definition) is 3. The van der Waals surface area contributed by atoms with E-state index in [1.54, 1.807) is 0 Å². The average molecular weight is 351 g/mol. The molecule has 3 heteroatoms. The molecule has 26 heavy (non-hydrogen) atoms. The van der Waals surface area contributed by atoms with Crippen molar-refractivity contribution in [3.8, 4) is 0 Å². The topological polar surface area (TPSA) is 33.3 Å². The van der Waals surface area contributed by atoms with E-state index in [9.17, 15) is 0 Å². The minimum Gasteiger partial charge on any atom is -0.496 e. The van der Waals surface area contributed by atoms with Crippen molar-refractivity contribution in [2.24, 2.45) is 5.41 Å². The summed E-state index contributed by atoms with van der Waals surface area (Å²) in [5.41, 5.74) is 2.11. The first-order chi connectivity index (χ1) is 12.4. The van der Waals surface area contributed by atoms with Gasteiger partial charge in [-0.3, -0.25) is 0 Å². The fraction of sp³-hybridized carbons (Fsp3) is 0.391. The molecule has 0 spiro atoms. The Morgan fingerprint density at radius 1 is 0.923 bits per heavy atom. The van der Waals surface area contributed by atoms with E-state index in [-0.39, 0.29) is 17.0 Å². The predicted octanol–water partition coefficient (Wildman–Crippen LogP) is 5.69. The second-order valence-electron chi connectivity index (χ2n) is 8.00. The lowest BCUT2D eigenvalue weighted by molar-refractivity contribution is 0.138. The monoisotopic (exact) mass is 350 g/mol. The molecule has 2 atom stereocenters. The zero-order valence-corrected chi connectivity index (χ0v) is 16.3. The zero-order chi connectivity index (χ0) is 18.6. The number of anilines is 2. The molecule has 3 rings (SSSR count). The molecule has 0 radical (unpaired) electrons. The fourth-order valence-corrected chi connectivity index (χ4v) is 4.07. The summed E-state index contributed by atoms with van der Waals surface area (Å²) in [4.78, 5) is 0. The normalized spacial score (nSPS) is 24.5. The quantitative estimate of drug-likeness (QED) is 0.702. The van der Waals surface area contributed by atoms with Crippen molar-refractivity contribution < 1.29 is 4.74 Å². The molecular weight excluding hydrogens is 320 g/mol. The van der Waals surface area contributed by atoms with Gasteiger partial charge < -0.3 is 15.4 Å². The molecule has 0 saturated carbocycles. The van der Waals surface area contributed by atoms with Gasteiger partial charge in [0.25, 0.3) is 0 Å². The lowest BCUT2D eigenvalue weighted by Crippen LogP contribution is -2.51.